The zero-order valence-corrected chi connectivity index (χ0v) is 15.9. The van der Waals surface area contributed by atoms with Crippen LogP contribution in [0.1, 0.15) is 39.7 Å². The van der Waals surface area contributed by atoms with E-state index in [4.69, 9.17) is 14.9 Å². The van der Waals surface area contributed by atoms with Gasteiger partial charge in [0.15, 0.2) is 0 Å². The first-order valence-electron chi connectivity index (χ1n) is 8.60. The molecule has 0 saturated heterocycles. The van der Waals surface area contributed by atoms with Crippen LogP contribution in [0.4, 0.5) is 10.5 Å². The number of carbonyl (C=O) groups is 2. The molecule has 0 radical (unpaired) electrons. The average molecular weight is 372 g/mol. The molecule has 27 heavy (non-hydrogen) atoms. The van der Waals surface area contributed by atoms with Crippen LogP contribution in [-0.4, -0.2) is 35.1 Å². The predicted molar refractivity (Wildman–Crippen MR) is 104 cm³/mol. The van der Waals surface area contributed by atoms with Gasteiger partial charge in [-0.15, -0.1) is 0 Å². The topological polar surface area (TPSA) is 109 Å². The Morgan fingerprint density at radius 3 is 2.48 bits per heavy atom. The molecule has 0 saturated carbocycles. The van der Waals surface area contributed by atoms with Gasteiger partial charge in [0.1, 0.15) is 11.4 Å². The lowest BCUT2D eigenvalue weighted by Crippen LogP contribution is -2.27. The van der Waals surface area contributed by atoms with Crippen LogP contribution in [0.5, 0.6) is 5.75 Å². The zero-order valence-electron chi connectivity index (χ0n) is 15.9. The van der Waals surface area contributed by atoms with Crippen molar-refractivity contribution >= 4 is 34.2 Å². The first kappa shape index (κ1) is 20.2. The van der Waals surface area contributed by atoms with Gasteiger partial charge in [-0.25, -0.2) is 4.79 Å². The number of amides is 1. The molecule has 3 N–H and O–H groups in total. The molecule has 0 spiro atoms. The third kappa shape index (κ3) is 5.20. The van der Waals surface area contributed by atoms with Gasteiger partial charge in [0, 0.05) is 10.9 Å². The number of benzene rings is 2. The van der Waals surface area contributed by atoms with Gasteiger partial charge in [-0.05, 0) is 51.3 Å². The van der Waals surface area contributed by atoms with Crippen LogP contribution in [0.15, 0.2) is 30.3 Å². The van der Waals surface area contributed by atoms with E-state index in [0.29, 0.717) is 16.5 Å². The molecule has 0 bridgehead atoms. The van der Waals surface area contributed by atoms with Crippen molar-refractivity contribution in [1.29, 1.82) is 5.41 Å². The molecule has 2 aromatic carbocycles. The number of esters is 1. The van der Waals surface area contributed by atoms with Gasteiger partial charge in [-0.3, -0.25) is 10.1 Å². The van der Waals surface area contributed by atoms with E-state index in [1.807, 2.05) is 0 Å². The van der Waals surface area contributed by atoms with Crippen molar-refractivity contribution in [3.8, 4) is 5.75 Å². The highest BCUT2D eigenvalue weighted by molar-refractivity contribution is 6.18. The quantitative estimate of drug-likeness (QED) is 0.538. The Hall–Kier alpha value is -3.09. The van der Waals surface area contributed by atoms with E-state index in [1.54, 1.807) is 52.0 Å². The third-order valence-electron chi connectivity index (χ3n) is 3.60. The smallest absolute Gasteiger partial charge is 0.412 e. The molecule has 0 aromatic heterocycles. The van der Waals surface area contributed by atoms with Crippen LogP contribution in [-0.2, 0) is 14.3 Å². The Kier molecular flexibility index (Phi) is 6.05. The SMILES string of the molecule is CCOC(=O)CC(=N)c1c(O)ccc2c(NC(=O)OC(C)(C)C)cccc12. The number of phenols is 1. The van der Waals surface area contributed by atoms with Gasteiger partial charge in [-0.1, -0.05) is 12.1 Å². The van der Waals surface area contributed by atoms with Crippen LogP contribution in [0, 0.1) is 5.41 Å². The summed E-state index contributed by atoms with van der Waals surface area (Å²) in [6.07, 6.45) is -0.865. The summed E-state index contributed by atoms with van der Waals surface area (Å²) in [6, 6.07) is 8.16. The summed E-state index contributed by atoms with van der Waals surface area (Å²) in [6.45, 7) is 7.21. The van der Waals surface area contributed by atoms with E-state index < -0.39 is 17.7 Å². The molecule has 0 heterocycles. The molecular weight excluding hydrogens is 348 g/mol. The minimum absolute atomic E-state index is 0.0639. The Balaban J connectivity index is 2.40. The monoisotopic (exact) mass is 372 g/mol. The Labute approximate surface area is 157 Å². The molecule has 0 aliphatic heterocycles. The van der Waals surface area contributed by atoms with Gasteiger partial charge >= 0.3 is 12.1 Å². The number of anilines is 1. The molecule has 0 aliphatic rings. The highest BCUT2D eigenvalue weighted by Crippen LogP contribution is 2.33. The maximum atomic E-state index is 12.1. The minimum Gasteiger partial charge on any atom is -0.507 e. The fourth-order valence-corrected chi connectivity index (χ4v) is 2.63. The van der Waals surface area contributed by atoms with E-state index in [-0.39, 0.29) is 30.1 Å². The molecule has 2 aromatic rings. The van der Waals surface area contributed by atoms with Gasteiger partial charge in [0.25, 0.3) is 0 Å². The van der Waals surface area contributed by atoms with Crippen molar-refractivity contribution in [2.24, 2.45) is 0 Å². The van der Waals surface area contributed by atoms with Crippen LogP contribution >= 0.6 is 0 Å². The summed E-state index contributed by atoms with van der Waals surface area (Å²) in [5, 5.41) is 22.3. The van der Waals surface area contributed by atoms with E-state index >= 15 is 0 Å². The van der Waals surface area contributed by atoms with Crippen molar-refractivity contribution in [2.45, 2.75) is 39.7 Å². The first-order valence-corrected chi connectivity index (χ1v) is 8.60. The number of aromatic hydroxyl groups is 1. The molecule has 2 rings (SSSR count). The molecule has 7 nitrogen and oxygen atoms in total. The fraction of sp³-hybridized carbons (Fsp3) is 0.350. The fourth-order valence-electron chi connectivity index (χ4n) is 2.63. The maximum absolute atomic E-state index is 12.1. The molecule has 0 unspecified atom stereocenters. The second-order valence-corrected chi connectivity index (χ2v) is 6.95. The van der Waals surface area contributed by atoms with Crippen molar-refractivity contribution < 1.29 is 24.2 Å². The zero-order chi connectivity index (χ0) is 20.2. The summed E-state index contributed by atoms with van der Waals surface area (Å²) in [5.41, 5.74) is 0.00569. The third-order valence-corrected chi connectivity index (χ3v) is 3.60. The lowest BCUT2D eigenvalue weighted by molar-refractivity contribution is -0.141. The Morgan fingerprint density at radius 2 is 1.85 bits per heavy atom. The number of hydrogen-bond acceptors (Lipinski definition) is 6. The molecule has 0 atom stereocenters. The number of rotatable bonds is 5. The number of phenolic OH excluding ortho intramolecular Hbond substituents is 1. The summed E-state index contributed by atoms with van der Waals surface area (Å²) in [7, 11) is 0. The van der Waals surface area contributed by atoms with Crippen molar-refractivity contribution in [3.05, 3.63) is 35.9 Å². The number of fused-ring (bicyclic) bond motifs is 1. The average Bonchev–Trinajstić information content (AvgIpc) is 2.52. The standard InChI is InChI=1S/C20H24N2O5/c1-5-26-17(24)11-14(21)18-13-7-6-8-15(12(13)9-10-16(18)23)22-19(25)27-20(2,3)4/h6-10,21,23H,5,11H2,1-4H3,(H,22,25). The van der Waals surface area contributed by atoms with Gasteiger partial charge < -0.3 is 20.0 Å². The highest BCUT2D eigenvalue weighted by atomic mass is 16.6. The number of ether oxygens (including phenoxy) is 2. The molecule has 0 fully saturated rings. The van der Waals surface area contributed by atoms with Gasteiger partial charge in [0.05, 0.1) is 24.4 Å². The summed E-state index contributed by atoms with van der Waals surface area (Å²) < 4.78 is 10.1. The second kappa shape index (κ2) is 8.07. The molecular formula is C20H24N2O5. The molecule has 144 valence electrons. The molecule has 1 amide bonds. The first-order chi connectivity index (χ1) is 12.6. The lowest BCUT2D eigenvalue weighted by Gasteiger charge is -2.20. The summed E-state index contributed by atoms with van der Waals surface area (Å²) in [4.78, 5) is 23.8. The predicted octanol–water partition coefficient (Wildman–Crippen LogP) is 4.21. The summed E-state index contributed by atoms with van der Waals surface area (Å²) >= 11 is 0. The van der Waals surface area contributed by atoms with E-state index in [9.17, 15) is 14.7 Å². The minimum atomic E-state index is -0.639. The lowest BCUT2D eigenvalue weighted by atomic mass is 9.97. The van der Waals surface area contributed by atoms with Gasteiger partial charge in [0.2, 0.25) is 0 Å². The highest BCUT2D eigenvalue weighted by Gasteiger charge is 2.19. The second-order valence-electron chi connectivity index (χ2n) is 6.95. The Morgan fingerprint density at radius 1 is 1.15 bits per heavy atom. The van der Waals surface area contributed by atoms with Crippen LogP contribution in [0.25, 0.3) is 10.8 Å². The van der Waals surface area contributed by atoms with Crippen molar-refractivity contribution in [1.82, 2.24) is 0 Å². The number of nitrogens with one attached hydrogen (secondary N) is 2. The van der Waals surface area contributed by atoms with E-state index in [2.05, 4.69) is 5.32 Å². The summed E-state index contributed by atoms with van der Waals surface area (Å²) in [5.74, 6) is -0.659. The molecule has 0 aliphatic carbocycles. The van der Waals surface area contributed by atoms with Crippen LogP contribution in [0.2, 0.25) is 0 Å². The van der Waals surface area contributed by atoms with E-state index in [0.717, 1.165) is 0 Å². The van der Waals surface area contributed by atoms with Gasteiger partial charge in [-0.2, -0.15) is 0 Å². The van der Waals surface area contributed by atoms with Crippen molar-refractivity contribution in [2.75, 3.05) is 11.9 Å². The maximum Gasteiger partial charge on any atom is 0.412 e. The van der Waals surface area contributed by atoms with E-state index in [1.165, 1.54) is 6.07 Å². The molecule has 7 heteroatoms. The van der Waals surface area contributed by atoms with Crippen LogP contribution < -0.4 is 5.32 Å². The normalized spacial score (nSPS) is 11.1. The number of carbonyl (C=O) groups excluding carboxylic acids is 2. The van der Waals surface area contributed by atoms with Crippen molar-refractivity contribution in [3.63, 3.8) is 0 Å². The largest absolute Gasteiger partial charge is 0.507 e. The number of hydrogen-bond donors (Lipinski definition) is 3. The van der Waals surface area contributed by atoms with Crippen LogP contribution in [0.3, 0.4) is 0 Å². The Bertz CT molecular complexity index is 884.